The average Bonchev–Trinajstić information content (AvgIpc) is 3.04. The number of rotatable bonds is 13. The maximum absolute atomic E-state index is 6.62. The SMILES string of the molecule is C#C[C@@H]1O[C@H](COCc2ccccc2)[C@@H](OCc2ccccc2)[C@H](OCc2ccccc2)[C@@H]1OCc1ccccc1. The summed E-state index contributed by atoms with van der Waals surface area (Å²) >= 11 is 0. The van der Waals surface area contributed by atoms with Gasteiger partial charge in [-0.2, -0.15) is 0 Å². The molecule has 1 saturated heterocycles. The van der Waals surface area contributed by atoms with E-state index in [-0.39, 0.29) is 0 Å². The highest BCUT2D eigenvalue weighted by atomic mass is 16.6. The molecule has 1 fully saturated rings. The lowest BCUT2D eigenvalue weighted by Crippen LogP contribution is -2.60. The zero-order valence-electron chi connectivity index (χ0n) is 23.1. The first kappa shape index (κ1) is 28.8. The van der Waals surface area contributed by atoms with Gasteiger partial charge in [-0.05, 0) is 22.3 Å². The Morgan fingerprint density at radius 3 is 1.34 bits per heavy atom. The van der Waals surface area contributed by atoms with Gasteiger partial charge in [0.15, 0.2) is 0 Å². The molecule has 0 bridgehead atoms. The number of benzene rings is 4. The lowest BCUT2D eigenvalue weighted by Gasteiger charge is -2.44. The Hall–Kier alpha value is -3.76. The molecule has 0 amide bonds. The van der Waals surface area contributed by atoms with Gasteiger partial charge in [0, 0.05) is 0 Å². The first-order chi connectivity index (χ1) is 20.3. The number of hydrogen-bond donors (Lipinski definition) is 0. The Morgan fingerprint density at radius 1 is 0.512 bits per heavy atom. The van der Waals surface area contributed by atoms with Crippen molar-refractivity contribution < 1.29 is 23.7 Å². The largest absolute Gasteiger partial charge is 0.374 e. The topological polar surface area (TPSA) is 46.2 Å². The second-order valence-corrected chi connectivity index (χ2v) is 10.0. The smallest absolute Gasteiger partial charge is 0.147 e. The standard InChI is InChI=1S/C36H36O5/c1-2-32-34(38-24-29-17-9-4-10-18-29)36(40-26-31-21-13-6-14-22-31)35(39-25-30-19-11-5-12-20-30)33(41-32)27-37-23-28-15-7-3-8-16-28/h1,3-22,32-36H,23-27H2/t32-,33+,34+,35+,36+/m0/s1. The zero-order valence-corrected chi connectivity index (χ0v) is 23.1. The van der Waals surface area contributed by atoms with Crippen molar-refractivity contribution in [2.24, 2.45) is 0 Å². The van der Waals surface area contributed by atoms with Gasteiger partial charge in [0.2, 0.25) is 0 Å². The molecule has 41 heavy (non-hydrogen) atoms. The molecule has 5 nitrogen and oxygen atoms in total. The van der Waals surface area contributed by atoms with E-state index in [1.165, 1.54) is 0 Å². The predicted molar refractivity (Wildman–Crippen MR) is 159 cm³/mol. The molecule has 4 aromatic carbocycles. The summed E-state index contributed by atoms with van der Waals surface area (Å²) in [6.45, 7) is 1.90. The van der Waals surface area contributed by atoms with E-state index in [0.717, 1.165) is 22.3 Å². The average molecular weight is 549 g/mol. The molecule has 5 heteroatoms. The van der Waals surface area contributed by atoms with E-state index in [1.807, 2.05) is 121 Å². The van der Waals surface area contributed by atoms with Crippen LogP contribution in [0.5, 0.6) is 0 Å². The first-order valence-corrected chi connectivity index (χ1v) is 14.0. The molecule has 5 rings (SSSR count). The van der Waals surface area contributed by atoms with E-state index in [1.54, 1.807) is 0 Å². The lowest BCUT2D eigenvalue weighted by molar-refractivity contribution is -0.261. The minimum atomic E-state index is -0.638. The van der Waals surface area contributed by atoms with Gasteiger partial charge in [-0.1, -0.05) is 127 Å². The van der Waals surface area contributed by atoms with Crippen LogP contribution in [0.4, 0.5) is 0 Å². The fraction of sp³-hybridized carbons (Fsp3) is 0.278. The van der Waals surface area contributed by atoms with Gasteiger partial charge in [-0.3, -0.25) is 0 Å². The number of terminal acetylenes is 1. The van der Waals surface area contributed by atoms with Crippen LogP contribution in [0.1, 0.15) is 22.3 Å². The van der Waals surface area contributed by atoms with Crippen LogP contribution >= 0.6 is 0 Å². The van der Waals surface area contributed by atoms with E-state index in [4.69, 9.17) is 30.1 Å². The molecule has 0 unspecified atom stereocenters. The molecule has 0 aliphatic carbocycles. The fourth-order valence-electron chi connectivity index (χ4n) is 4.92. The van der Waals surface area contributed by atoms with E-state index < -0.39 is 30.5 Å². The predicted octanol–water partition coefficient (Wildman–Crippen LogP) is 6.36. The highest BCUT2D eigenvalue weighted by molar-refractivity contribution is 5.17. The third-order valence-electron chi connectivity index (χ3n) is 7.05. The number of ether oxygens (including phenoxy) is 5. The Balaban J connectivity index is 1.39. The highest BCUT2D eigenvalue weighted by Crippen LogP contribution is 2.31. The molecule has 5 atom stereocenters. The van der Waals surface area contributed by atoms with Crippen molar-refractivity contribution in [1.29, 1.82) is 0 Å². The number of hydrogen-bond acceptors (Lipinski definition) is 5. The van der Waals surface area contributed by atoms with Crippen molar-refractivity contribution >= 4 is 0 Å². The Kier molecular flexibility index (Phi) is 10.7. The molecule has 0 spiro atoms. The van der Waals surface area contributed by atoms with Crippen molar-refractivity contribution in [3.63, 3.8) is 0 Å². The molecular formula is C36H36O5. The summed E-state index contributed by atoms with van der Waals surface area (Å²) in [5, 5.41) is 0. The minimum absolute atomic E-state index is 0.295. The maximum atomic E-state index is 6.62. The molecule has 1 aliphatic rings. The van der Waals surface area contributed by atoms with Crippen molar-refractivity contribution in [2.75, 3.05) is 6.61 Å². The third kappa shape index (κ3) is 8.37. The summed E-state index contributed by atoms with van der Waals surface area (Å²) in [6.07, 6.45) is 3.41. The molecule has 210 valence electrons. The van der Waals surface area contributed by atoms with E-state index in [2.05, 4.69) is 5.92 Å². The monoisotopic (exact) mass is 548 g/mol. The van der Waals surface area contributed by atoms with Crippen LogP contribution in [-0.2, 0) is 50.1 Å². The van der Waals surface area contributed by atoms with Gasteiger partial charge in [0.05, 0.1) is 33.0 Å². The van der Waals surface area contributed by atoms with Crippen molar-refractivity contribution in [3.05, 3.63) is 144 Å². The Morgan fingerprint density at radius 2 is 0.902 bits per heavy atom. The van der Waals surface area contributed by atoms with Gasteiger partial charge < -0.3 is 23.7 Å². The van der Waals surface area contributed by atoms with Crippen molar-refractivity contribution in [3.8, 4) is 12.3 Å². The van der Waals surface area contributed by atoms with Crippen LogP contribution < -0.4 is 0 Å². The quantitative estimate of drug-likeness (QED) is 0.182. The molecule has 1 heterocycles. The zero-order chi connectivity index (χ0) is 28.1. The van der Waals surface area contributed by atoms with Crippen LogP contribution in [0, 0.1) is 12.3 Å². The minimum Gasteiger partial charge on any atom is -0.374 e. The normalized spacial score (nSPS) is 22.2. The summed E-state index contributed by atoms with van der Waals surface area (Å²) in [5.74, 6) is 2.81. The molecule has 0 aromatic heterocycles. The fourth-order valence-corrected chi connectivity index (χ4v) is 4.92. The van der Waals surface area contributed by atoms with Gasteiger partial charge in [0.1, 0.15) is 30.5 Å². The summed E-state index contributed by atoms with van der Waals surface area (Å²) in [6, 6.07) is 40.2. The molecule has 0 radical (unpaired) electrons. The van der Waals surface area contributed by atoms with E-state index in [9.17, 15) is 0 Å². The van der Waals surface area contributed by atoms with Crippen molar-refractivity contribution in [1.82, 2.24) is 0 Å². The van der Waals surface area contributed by atoms with Crippen molar-refractivity contribution in [2.45, 2.75) is 56.9 Å². The Labute approximate surface area is 243 Å². The summed E-state index contributed by atoms with van der Waals surface area (Å²) in [7, 11) is 0. The van der Waals surface area contributed by atoms with Gasteiger partial charge >= 0.3 is 0 Å². The van der Waals surface area contributed by atoms with Crippen LogP contribution in [0.2, 0.25) is 0 Å². The summed E-state index contributed by atoms with van der Waals surface area (Å²) in [4.78, 5) is 0. The second-order valence-electron chi connectivity index (χ2n) is 10.0. The van der Waals surface area contributed by atoms with E-state index >= 15 is 0 Å². The highest BCUT2D eigenvalue weighted by Gasteiger charge is 2.48. The first-order valence-electron chi connectivity index (χ1n) is 14.0. The maximum Gasteiger partial charge on any atom is 0.147 e. The molecule has 0 saturated carbocycles. The van der Waals surface area contributed by atoms with Crippen LogP contribution in [-0.4, -0.2) is 37.1 Å². The summed E-state index contributed by atoms with van der Waals surface area (Å²) in [5.41, 5.74) is 4.23. The Bertz CT molecular complexity index is 1320. The lowest BCUT2D eigenvalue weighted by atomic mass is 9.94. The van der Waals surface area contributed by atoms with E-state index in [0.29, 0.717) is 33.0 Å². The molecule has 4 aromatic rings. The van der Waals surface area contributed by atoms with Gasteiger partial charge in [-0.15, -0.1) is 6.42 Å². The molecular weight excluding hydrogens is 512 g/mol. The molecule has 0 N–H and O–H groups in total. The van der Waals surface area contributed by atoms with Crippen LogP contribution in [0.3, 0.4) is 0 Å². The van der Waals surface area contributed by atoms with Crippen LogP contribution in [0.15, 0.2) is 121 Å². The van der Waals surface area contributed by atoms with Gasteiger partial charge in [-0.25, -0.2) is 0 Å². The van der Waals surface area contributed by atoms with Crippen LogP contribution in [0.25, 0.3) is 0 Å². The second kappa shape index (κ2) is 15.3. The third-order valence-corrected chi connectivity index (χ3v) is 7.05. The van der Waals surface area contributed by atoms with Gasteiger partial charge in [0.25, 0.3) is 0 Å². The summed E-state index contributed by atoms with van der Waals surface area (Å²) < 4.78 is 32.3. The molecule has 1 aliphatic heterocycles.